The number of nitrogens with two attached hydrogens (primary N) is 1. The molecule has 0 radical (unpaired) electrons. The molecule has 1 atom stereocenters. The van der Waals surface area contributed by atoms with Gasteiger partial charge in [0.05, 0.1) is 11.0 Å². The third-order valence-corrected chi connectivity index (χ3v) is 2.99. The summed E-state index contributed by atoms with van der Waals surface area (Å²) in [4.78, 5) is 16.2. The summed E-state index contributed by atoms with van der Waals surface area (Å²) in [6, 6.07) is 5.53. The first-order chi connectivity index (χ1) is 8.54. The van der Waals surface area contributed by atoms with Gasteiger partial charge in [0.1, 0.15) is 6.04 Å². The van der Waals surface area contributed by atoms with Crippen LogP contribution in [-0.2, 0) is 4.79 Å². The van der Waals surface area contributed by atoms with Crippen molar-refractivity contribution in [2.45, 2.75) is 26.8 Å². The molecular formula is C13H18N4O. The Hall–Kier alpha value is -2.04. The van der Waals surface area contributed by atoms with Crippen LogP contribution >= 0.6 is 0 Å². The first-order valence-corrected chi connectivity index (χ1v) is 6.06. The van der Waals surface area contributed by atoms with Gasteiger partial charge in [0.25, 0.3) is 0 Å². The second kappa shape index (κ2) is 4.68. The van der Waals surface area contributed by atoms with Crippen LogP contribution in [0.1, 0.15) is 25.5 Å². The van der Waals surface area contributed by atoms with Gasteiger partial charge >= 0.3 is 0 Å². The SMILES string of the molecule is CCNC(=O)C(C)n1c(N)nc2ccc(C)cc21. The molecule has 1 aromatic heterocycles. The summed E-state index contributed by atoms with van der Waals surface area (Å²) >= 11 is 0. The van der Waals surface area contributed by atoms with Crippen LogP contribution in [-0.4, -0.2) is 22.0 Å². The maximum Gasteiger partial charge on any atom is 0.242 e. The molecule has 18 heavy (non-hydrogen) atoms. The second-order valence-corrected chi connectivity index (χ2v) is 4.40. The summed E-state index contributed by atoms with van der Waals surface area (Å²) in [5.74, 6) is 0.319. The molecule has 5 nitrogen and oxygen atoms in total. The van der Waals surface area contributed by atoms with Gasteiger partial charge in [-0.25, -0.2) is 4.98 Å². The highest BCUT2D eigenvalue weighted by atomic mass is 16.2. The summed E-state index contributed by atoms with van der Waals surface area (Å²) in [5, 5.41) is 2.80. The zero-order valence-electron chi connectivity index (χ0n) is 10.9. The van der Waals surface area contributed by atoms with Crippen LogP contribution < -0.4 is 11.1 Å². The summed E-state index contributed by atoms with van der Waals surface area (Å²) in [7, 11) is 0. The van der Waals surface area contributed by atoms with Gasteiger partial charge in [-0.15, -0.1) is 0 Å². The van der Waals surface area contributed by atoms with E-state index in [9.17, 15) is 4.79 Å². The molecular weight excluding hydrogens is 228 g/mol. The minimum absolute atomic E-state index is 0.0509. The standard InChI is InChI=1S/C13H18N4O/c1-4-15-12(18)9(3)17-11-7-8(2)5-6-10(11)16-13(17)14/h5-7,9H,4H2,1-3H3,(H2,14,16)(H,15,18). The number of imidazole rings is 1. The van der Waals surface area contributed by atoms with E-state index in [0.717, 1.165) is 16.6 Å². The molecule has 0 fully saturated rings. The number of aryl methyl sites for hydroxylation is 1. The van der Waals surface area contributed by atoms with Gasteiger partial charge in [-0.05, 0) is 38.5 Å². The van der Waals surface area contributed by atoms with Gasteiger partial charge in [-0.3, -0.25) is 9.36 Å². The molecule has 0 aliphatic carbocycles. The summed E-state index contributed by atoms with van der Waals surface area (Å²) in [6.45, 7) is 6.33. The third kappa shape index (κ3) is 2.03. The molecule has 0 bridgehead atoms. The molecule has 1 heterocycles. The maximum absolute atomic E-state index is 11.9. The normalized spacial score (nSPS) is 12.6. The van der Waals surface area contributed by atoms with E-state index in [1.54, 1.807) is 4.57 Å². The van der Waals surface area contributed by atoms with Crippen LogP contribution in [0.2, 0.25) is 0 Å². The van der Waals surface area contributed by atoms with E-state index in [-0.39, 0.29) is 11.9 Å². The fourth-order valence-electron chi connectivity index (χ4n) is 2.07. The van der Waals surface area contributed by atoms with Crippen molar-refractivity contribution in [2.24, 2.45) is 0 Å². The van der Waals surface area contributed by atoms with E-state index in [1.165, 1.54) is 0 Å². The molecule has 5 heteroatoms. The van der Waals surface area contributed by atoms with Gasteiger partial charge < -0.3 is 11.1 Å². The number of fused-ring (bicyclic) bond motifs is 1. The number of rotatable bonds is 3. The molecule has 1 amide bonds. The van der Waals surface area contributed by atoms with Crippen LogP contribution in [0.25, 0.3) is 11.0 Å². The lowest BCUT2D eigenvalue weighted by Gasteiger charge is -2.15. The van der Waals surface area contributed by atoms with Gasteiger partial charge in [-0.1, -0.05) is 6.07 Å². The molecule has 96 valence electrons. The molecule has 2 rings (SSSR count). The summed E-state index contributed by atoms with van der Waals surface area (Å²) in [6.07, 6.45) is 0. The Morgan fingerprint density at radius 2 is 2.28 bits per heavy atom. The molecule has 1 unspecified atom stereocenters. The Morgan fingerprint density at radius 3 is 2.94 bits per heavy atom. The number of hydrogen-bond donors (Lipinski definition) is 2. The summed E-state index contributed by atoms with van der Waals surface area (Å²) < 4.78 is 1.77. The molecule has 0 spiro atoms. The van der Waals surface area contributed by atoms with Crippen molar-refractivity contribution in [3.05, 3.63) is 23.8 Å². The van der Waals surface area contributed by atoms with Crippen LogP contribution in [0.4, 0.5) is 5.95 Å². The van der Waals surface area contributed by atoms with Gasteiger partial charge in [-0.2, -0.15) is 0 Å². The molecule has 2 aromatic rings. The molecule has 1 aromatic carbocycles. The van der Waals surface area contributed by atoms with Crippen molar-refractivity contribution in [2.75, 3.05) is 12.3 Å². The zero-order valence-corrected chi connectivity index (χ0v) is 10.9. The van der Waals surface area contributed by atoms with Gasteiger partial charge in [0, 0.05) is 6.54 Å². The fraction of sp³-hybridized carbons (Fsp3) is 0.385. The van der Waals surface area contributed by atoms with Crippen molar-refractivity contribution in [1.82, 2.24) is 14.9 Å². The largest absolute Gasteiger partial charge is 0.369 e. The first kappa shape index (κ1) is 12.4. The highest BCUT2D eigenvalue weighted by Gasteiger charge is 2.19. The summed E-state index contributed by atoms with van der Waals surface area (Å²) in [5.41, 5.74) is 8.74. The minimum atomic E-state index is -0.364. The molecule has 0 saturated carbocycles. The van der Waals surface area contributed by atoms with Gasteiger partial charge in [0.15, 0.2) is 0 Å². The number of anilines is 1. The van der Waals surface area contributed by atoms with E-state index >= 15 is 0 Å². The molecule has 0 aliphatic rings. The zero-order chi connectivity index (χ0) is 13.3. The number of carbonyl (C=O) groups excluding carboxylic acids is 1. The Balaban J connectivity index is 2.52. The predicted molar refractivity (Wildman–Crippen MR) is 72.3 cm³/mol. The van der Waals surface area contributed by atoms with Crippen LogP contribution in [0.3, 0.4) is 0 Å². The smallest absolute Gasteiger partial charge is 0.242 e. The number of hydrogen-bond acceptors (Lipinski definition) is 3. The number of aromatic nitrogens is 2. The Morgan fingerprint density at radius 1 is 1.56 bits per heavy atom. The van der Waals surface area contributed by atoms with Gasteiger partial charge in [0.2, 0.25) is 11.9 Å². The monoisotopic (exact) mass is 246 g/mol. The highest BCUT2D eigenvalue weighted by Crippen LogP contribution is 2.23. The number of carbonyl (C=O) groups is 1. The third-order valence-electron chi connectivity index (χ3n) is 2.99. The number of amides is 1. The lowest BCUT2D eigenvalue weighted by molar-refractivity contribution is -0.123. The number of nitrogens with one attached hydrogen (secondary N) is 1. The van der Waals surface area contributed by atoms with Crippen molar-refractivity contribution in [3.63, 3.8) is 0 Å². The lowest BCUT2D eigenvalue weighted by atomic mass is 10.2. The van der Waals surface area contributed by atoms with E-state index in [1.807, 2.05) is 39.0 Å². The first-order valence-electron chi connectivity index (χ1n) is 6.06. The number of nitrogens with zero attached hydrogens (tertiary/aromatic N) is 2. The average Bonchev–Trinajstić information content (AvgIpc) is 2.64. The topological polar surface area (TPSA) is 72.9 Å². The van der Waals surface area contributed by atoms with Crippen molar-refractivity contribution in [3.8, 4) is 0 Å². The van der Waals surface area contributed by atoms with E-state index in [2.05, 4.69) is 10.3 Å². The Kier molecular flexibility index (Phi) is 3.23. The maximum atomic E-state index is 11.9. The van der Waals surface area contributed by atoms with Crippen LogP contribution in [0, 0.1) is 6.92 Å². The van der Waals surface area contributed by atoms with Crippen molar-refractivity contribution in [1.29, 1.82) is 0 Å². The van der Waals surface area contributed by atoms with E-state index in [4.69, 9.17) is 5.73 Å². The van der Waals surface area contributed by atoms with E-state index < -0.39 is 0 Å². The molecule has 3 N–H and O–H groups in total. The van der Waals surface area contributed by atoms with Crippen molar-refractivity contribution < 1.29 is 4.79 Å². The quantitative estimate of drug-likeness (QED) is 0.864. The molecule has 0 aliphatic heterocycles. The Bertz CT molecular complexity index is 588. The minimum Gasteiger partial charge on any atom is -0.369 e. The van der Waals surface area contributed by atoms with Crippen LogP contribution in [0.5, 0.6) is 0 Å². The van der Waals surface area contributed by atoms with E-state index in [0.29, 0.717) is 12.5 Å². The number of nitrogen functional groups attached to an aromatic ring is 1. The highest BCUT2D eigenvalue weighted by molar-refractivity contribution is 5.85. The van der Waals surface area contributed by atoms with Crippen LogP contribution in [0.15, 0.2) is 18.2 Å². The second-order valence-electron chi connectivity index (χ2n) is 4.40. The fourth-order valence-corrected chi connectivity index (χ4v) is 2.07. The average molecular weight is 246 g/mol. The number of likely N-dealkylation sites (N-methyl/N-ethyl adjacent to an activating group) is 1. The Labute approximate surface area is 106 Å². The molecule has 0 saturated heterocycles. The lowest BCUT2D eigenvalue weighted by Crippen LogP contribution is -2.31. The number of benzene rings is 1. The predicted octanol–water partition coefficient (Wildman–Crippen LogP) is 1.62. The van der Waals surface area contributed by atoms with Crippen molar-refractivity contribution >= 4 is 22.9 Å².